The number of halogens is 1. The van der Waals surface area contributed by atoms with Gasteiger partial charge in [-0.25, -0.2) is 0 Å². The molecule has 1 atom stereocenters. The second-order valence-electron chi connectivity index (χ2n) is 4.91. The highest BCUT2D eigenvalue weighted by Crippen LogP contribution is 2.24. The Morgan fingerprint density at radius 1 is 1.42 bits per heavy atom. The van der Waals surface area contributed by atoms with E-state index >= 15 is 0 Å². The Labute approximate surface area is 124 Å². The summed E-state index contributed by atoms with van der Waals surface area (Å²) in [4.78, 5) is 13.9. The van der Waals surface area contributed by atoms with Gasteiger partial charge in [-0.1, -0.05) is 33.3 Å². The molecule has 0 saturated carbocycles. The molecule has 1 unspecified atom stereocenters. The van der Waals surface area contributed by atoms with E-state index in [1.165, 1.54) is 22.5 Å². The molecular weight excluding hydrogens is 324 g/mol. The third-order valence-electron chi connectivity index (χ3n) is 3.55. The standard InChI is InChI=1S/C14H15BrN2OS/c15-11-3-1-10-6-12(4-2-9(10)5-11)16-7-13-8-19-14(18)17-13/h1,3,5,8,12,16H,2,4,6-7H2,(H,17,18). The third kappa shape index (κ3) is 3.16. The van der Waals surface area contributed by atoms with Crippen LogP contribution < -0.4 is 10.2 Å². The van der Waals surface area contributed by atoms with E-state index in [9.17, 15) is 4.79 Å². The lowest BCUT2D eigenvalue weighted by Crippen LogP contribution is -2.34. The van der Waals surface area contributed by atoms with Gasteiger partial charge in [0.2, 0.25) is 0 Å². The molecule has 1 heterocycles. The van der Waals surface area contributed by atoms with Crippen LogP contribution in [-0.4, -0.2) is 11.0 Å². The van der Waals surface area contributed by atoms with Crippen LogP contribution in [0.1, 0.15) is 23.2 Å². The molecule has 0 saturated heterocycles. The molecule has 3 nitrogen and oxygen atoms in total. The van der Waals surface area contributed by atoms with Crippen molar-refractivity contribution in [2.75, 3.05) is 0 Å². The second kappa shape index (κ2) is 5.61. The zero-order chi connectivity index (χ0) is 13.2. The molecule has 1 aromatic heterocycles. The molecule has 19 heavy (non-hydrogen) atoms. The fourth-order valence-electron chi connectivity index (χ4n) is 2.55. The Balaban J connectivity index is 1.62. The van der Waals surface area contributed by atoms with Crippen molar-refractivity contribution >= 4 is 27.3 Å². The summed E-state index contributed by atoms with van der Waals surface area (Å²) in [6.07, 6.45) is 3.33. The number of fused-ring (bicyclic) bond motifs is 1. The van der Waals surface area contributed by atoms with Crippen molar-refractivity contribution in [3.05, 3.63) is 54.5 Å². The van der Waals surface area contributed by atoms with E-state index < -0.39 is 0 Å². The number of H-pyrrole nitrogens is 1. The number of nitrogens with one attached hydrogen (secondary N) is 2. The van der Waals surface area contributed by atoms with Crippen LogP contribution in [0.15, 0.2) is 32.8 Å². The first kappa shape index (κ1) is 13.1. The molecule has 2 aromatic rings. The maximum Gasteiger partial charge on any atom is 0.304 e. The first-order valence-corrected chi connectivity index (χ1v) is 8.05. The lowest BCUT2D eigenvalue weighted by molar-refractivity contribution is 0.455. The molecule has 0 bridgehead atoms. The van der Waals surface area contributed by atoms with Gasteiger partial charge in [-0.2, -0.15) is 0 Å². The van der Waals surface area contributed by atoms with Crippen molar-refractivity contribution in [3.8, 4) is 0 Å². The molecule has 2 N–H and O–H groups in total. The molecule has 0 aliphatic heterocycles. The molecule has 1 aromatic carbocycles. The first-order chi connectivity index (χ1) is 9.20. The van der Waals surface area contributed by atoms with Crippen LogP contribution in [0.3, 0.4) is 0 Å². The van der Waals surface area contributed by atoms with Crippen molar-refractivity contribution in [1.29, 1.82) is 0 Å². The van der Waals surface area contributed by atoms with E-state index in [-0.39, 0.29) is 4.87 Å². The van der Waals surface area contributed by atoms with Gasteiger partial charge in [-0.15, -0.1) is 0 Å². The summed E-state index contributed by atoms with van der Waals surface area (Å²) in [5, 5.41) is 5.42. The van der Waals surface area contributed by atoms with Crippen LogP contribution in [0, 0.1) is 0 Å². The average Bonchev–Trinajstić information content (AvgIpc) is 2.82. The van der Waals surface area contributed by atoms with Gasteiger partial charge >= 0.3 is 4.87 Å². The predicted molar refractivity (Wildman–Crippen MR) is 81.7 cm³/mol. The zero-order valence-corrected chi connectivity index (χ0v) is 12.8. The Morgan fingerprint density at radius 3 is 3.11 bits per heavy atom. The van der Waals surface area contributed by atoms with Crippen LogP contribution in [0.4, 0.5) is 0 Å². The van der Waals surface area contributed by atoms with Gasteiger partial charge in [0.15, 0.2) is 0 Å². The molecule has 0 amide bonds. The first-order valence-electron chi connectivity index (χ1n) is 6.38. The maximum absolute atomic E-state index is 11.1. The van der Waals surface area contributed by atoms with E-state index in [4.69, 9.17) is 0 Å². The van der Waals surface area contributed by atoms with Crippen LogP contribution >= 0.6 is 27.3 Å². The molecule has 5 heteroatoms. The van der Waals surface area contributed by atoms with Gasteiger partial charge in [-0.05, 0) is 42.5 Å². The average molecular weight is 339 g/mol. The predicted octanol–water partition coefficient (Wildman–Crippen LogP) is 2.85. The van der Waals surface area contributed by atoms with Gasteiger partial charge in [-0.3, -0.25) is 4.79 Å². The van der Waals surface area contributed by atoms with Crippen LogP contribution in [0.25, 0.3) is 0 Å². The summed E-state index contributed by atoms with van der Waals surface area (Å²) >= 11 is 4.75. The van der Waals surface area contributed by atoms with Gasteiger partial charge in [0.05, 0.1) is 0 Å². The highest BCUT2D eigenvalue weighted by molar-refractivity contribution is 9.10. The number of rotatable bonds is 3. The number of aryl methyl sites for hydroxylation is 1. The van der Waals surface area contributed by atoms with Gasteiger partial charge in [0.1, 0.15) is 0 Å². The van der Waals surface area contributed by atoms with Crippen molar-refractivity contribution in [3.63, 3.8) is 0 Å². The van der Waals surface area contributed by atoms with Crippen molar-refractivity contribution in [2.45, 2.75) is 31.8 Å². The Bertz CT molecular complexity index is 634. The highest BCUT2D eigenvalue weighted by atomic mass is 79.9. The number of thiazole rings is 1. The quantitative estimate of drug-likeness (QED) is 0.903. The molecule has 0 radical (unpaired) electrons. The summed E-state index contributed by atoms with van der Waals surface area (Å²) in [7, 11) is 0. The minimum atomic E-state index is 0.0237. The molecule has 3 rings (SSSR count). The summed E-state index contributed by atoms with van der Waals surface area (Å²) in [5.74, 6) is 0. The van der Waals surface area contributed by atoms with Gasteiger partial charge in [0.25, 0.3) is 0 Å². The molecule has 1 aliphatic carbocycles. The lowest BCUT2D eigenvalue weighted by Gasteiger charge is -2.25. The largest absolute Gasteiger partial charge is 0.315 e. The van der Waals surface area contributed by atoms with Crippen LogP contribution in [0.5, 0.6) is 0 Å². The molecule has 1 aliphatic rings. The fourth-order valence-corrected chi connectivity index (χ4v) is 3.54. The van der Waals surface area contributed by atoms with Crippen molar-refractivity contribution in [1.82, 2.24) is 10.3 Å². The smallest absolute Gasteiger partial charge is 0.304 e. The number of aromatic amines is 1. The van der Waals surface area contributed by atoms with E-state index in [0.717, 1.165) is 36.0 Å². The van der Waals surface area contributed by atoms with Crippen molar-refractivity contribution in [2.24, 2.45) is 0 Å². The van der Waals surface area contributed by atoms with Gasteiger partial charge < -0.3 is 10.3 Å². The maximum atomic E-state index is 11.1. The normalized spacial score (nSPS) is 18.3. The Kier molecular flexibility index (Phi) is 3.86. The van der Waals surface area contributed by atoms with Crippen LogP contribution in [0.2, 0.25) is 0 Å². The molecular formula is C14H15BrN2OS. The number of aromatic nitrogens is 1. The summed E-state index contributed by atoms with van der Waals surface area (Å²) < 4.78 is 1.16. The lowest BCUT2D eigenvalue weighted by atomic mass is 9.88. The Hall–Kier alpha value is -0.910. The third-order valence-corrected chi connectivity index (χ3v) is 4.76. The van der Waals surface area contributed by atoms with Crippen molar-refractivity contribution < 1.29 is 0 Å². The van der Waals surface area contributed by atoms with E-state index in [1.807, 2.05) is 5.38 Å². The highest BCUT2D eigenvalue weighted by Gasteiger charge is 2.18. The van der Waals surface area contributed by atoms with E-state index in [1.54, 1.807) is 0 Å². The summed E-state index contributed by atoms with van der Waals surface area (Å²) in [6, 6.07) is 7.04. The topological polar surface area (TPSA) is 44.9 Å². The summed E-state index contributed by atoms with van der Waals surface area (Å²) in [5.41, 5.74) is 3.87. The molecule has 0 spiro atoms. The molecule has 0 fully saturated rings. The SMILES string of the molecule is O=c1[nH]c(CNC2CCc3cc(Br)ccc3C2)cs1. The Morgan fingerprint density at radius 2 is 2.32 bits per heavy atom. The van der Waals surface area contributed by atoms with E-state index in [0.29, 0.717) is 6.04 Å². The number of benzene rings is 1. The van der Waals surface area contributed by atoms with E-state index in [2.05, 4.69) is 44.4 Å². The fraction of sp³-hybridized carbons (Fsp3) is 0.357. The second-order valence-corrected chi connectivity index (χ2v) is 6.66. The summed E-state index contributed by atoms with van der Waals surface area (Å²) in [6.45, 7) is 0.745. The minimum absolute atomic E-state index is 0.0237. The number of hydrogen-bond donors (Lipinski definition) is 2. The van der Waals surface area contributed by atoms with Gasteiger partial charge in [0, 0.05) is 28.1 Å². The minimum Gasteiger partial charge on any atom is -0.315 e. The van der Waals surface area contributed by atoms with Crippen LogP contribution in [-0.2, 0) is 19.4 Å². The zero-order valence-electron chi connectivity index (χ0n) is 10.4. The number of hydrogen-bond acceptors (Lipinski definition) is 3. The molecule has 100 valence electrons. The monoisotopic (exact) mass is 338 g/mol.